The van der Waals surface area contributed by atoms with E-state index in [0.717, 1.165) is 0 Å². The van der Waals surface area contributed by atoms with E-state index in [-0.39, 0.29) is 6.61 Å². The predicted octanol–water partition coefficient (Wildman–Crippen LogP) is -1.21. The van der Waals surface area contributed by atoms with Gasteiger partial charge in [-0.05, 0) is 13.8 Å². The quantitative estimate of drug-likeness (QED) is 0.537. The van der Waals surface area contributed by atoms with Crippen LogP contribution in [0.4, 0.5) is 0 Å². The minimum Gasteiger partial charge on any atom is -0.455 e. The second-order valence-corrected chi connectivity index (χ2v) is 4.20. The summed E-state index contributed by atoms with van der Waals surface area (Å²) in [5.41, 5.74) is 0. The van der Waals surface area contributed by atoms with Gasteiger partial charge in [-0.25, -0.2) is 4.79 Å². The third kappa shape index (κ3) is 1.85. The molecule has 2 aliphatic rings. The number of hydrogen-bond donors (Lipinski definition) is 2. The third-order valence-corrected chi connectivity index (χ3v) is 2.55. The molecule has 86 valence electrons. The van der Waals surface area contributed by atoms with Gasteiger partial charge >= 0.3 is 5.97 Å². The number of carbonyl (C=O) groups is 1. The predicted molar refractivity (Wildman–Crippen MR) is 46.8 cm³/mol. The van der Waals surface area contributed by atoms with Gasteiger partial charge in [-0.2, -0.15) is 0 Å². The van der Waals surface area contributed by atoms with Gasteiger partial charge < -0.3 is 24.4 Å². The van der Waals surface area contributed by atoms with Gasteiger partial charge in [-0.1, -0.05) is 0 Å². The Bertz CT molecular complexity index is 276. The van der Waals surface area contributed by atoms with Gasteiger partial charge in [-0.3, -0.25) is 0 Å². The summed E-state index contributed by atoms with van der Waals surface area (Å²) in [5, 5.41) is 18.7. The fraction of sp³-hybridized carbons (Fsp3) is 0.889. The van der Waals surface area contributed by atoms with Crippen LogP contribution in [0, 0.1) is 0 Å². The highest BCUT2D eigenvalue weighted by Crippen LogP contribution is 2.30. The first-order chi connectivity index (χ1) is 6.91. The summed E-state index contributed by atoms with van der Waals surface area (Å²) in [6, 6.07) is 0. The summed E-state index contributed by atoms with van der Waals surface area (Å²) in [4.78, 5) is 11.0. The topological polar surface area (TPSA) is 85.2 Å². The third-order valence-electron chi connectivity index (χ3n) is 2.55. The van der Waals surface area contributed by atoms with Crippen molar-refractivity contribution < 1.29 is 29.2 Å². The number of rotatable bonds is 1. The highest BCUT2D eigenvalue weighted by Gasteiger charge is 2.50. The molecule has 0 saturated carbocycles. The molecule has 2 saturated heterocycles. The fourth-order valence-electron chi connectivity index (χ4n) is 1.77. The summed E-state index contributed by atoms with van der Waals surface area (Å²) in [5.74, 6) is -1.56. The second kappa shape index (κ2) is 3.41. The molecule has 4 atom stereocenters. The van der Waals surface area contributed by atoms with Crippen LogP contribution in [0.1, 0.15) is 13.8 Å². The molecule has 0 amide bonds. The maximum absolute atomic E-state index is 11.0. The standard InChI is InChI=1S/C9H14O6/c1-9(2)13-3-4(15-9)7-5(10)6(11)8(12)14-7/h4-7,10-11H,3H2,1-2H3/t4?,5?,6?,7-/m0/s1. The molecule has 0 spiro atoms. The molecule has 0 radical (unpaired) electrons. The van der Waals surface area contributed by atoms with Crippen LogP contribution in [0.15, 0.2) is 0 Å². The summed E-state index contributed by atoms with van der Waals surface area (Å²) < 4.78 is 15.5. The average Bonchev–Trinajstić information content (AvgIpc) is 2.62. The number of aliphatic hydroxyl groups is 2. The first-order valence-corrected chi connectivity index (χ1v) is 4.79. The number of ether oxygens (including phenoxy) is 3. The van der Waals surface area contributed by atoms with Crippen LogP contribution in [0.5, 0.6) is 0 Å². The zero-order chi connectivity index (χ0) is 11.2. The number of carbonyl (C=O) groups excluding carboxylic acids is 1. The van der Waals surface area contributed by atoms with Crippen molar-refractivity contribution in [3.8, 4) is 0 Å². The van der Waals surface area contributed by atoms with Crippen molar-refractivity contribution in [1.82, 2.24) is 0 Å². The van der Waals surface area contributed by atoms with E-state index in [1.54, 1.807) is 13.8 Å². The lowest BCUT2D eigenvalue weighted by Crippen LogP contribution is -2.40. The molecule has 6 heteroatoms. The molecule has 2 heterocycles. The average molecular weight is 218 g/mol. The van der Waals surface area contributed by atoms with Crippen molar-refractivity contribution in [2.75, 3.05) is 6.61 Å². The van der Waals surface area contributed by atoms with Crippen molar-refractivity contribution >= 4 is 5.97 Å². The molecular formula is C9H14O6. The van der Waals surface area contributed by atoms with E-state index in [9.17, 15) is 15.0 Å². The Kier molecular flexibility index (Phi) is 2.46. The normalized spacial score (nSPS) is 44.4. The molecule has 2 fully saturated rings. The highest BCUT2D eigenvalue weighted by atomic mass is 16.8. The molecule has 0 bridgehead atoms. The lowest BCUT2D eigenvalue weighted by molar-refractivity contribution is -0.166. The Morgan fingerprint density at radius 2 is 2.07 bits per heavy atom. The van der Waals surface area contributed by atoms with Crippen LogP contribution in [0.25, 0.3) is 0 Å². The van der Waals surface area contributed by atoms with Crippen LogP contribution in [0.3, 0.4) is 0 Å². The number of esters is 1. The SMILES string of the molecule is CC1(C)OCC([C@@H]2OC(=O)C(O)C2O)O1. The van der Waals surface area contributed by atoms with Gasteiger partial charge in [0, 0.05) is 0 Å². The minimum atomic E-state index is -1.48. The molecule has 0 aliphatic carbocycles. The summed E-state index contributed by atoms with van der Waals surface area (Å²) in [7, 11) is 0. The van der Waals surface area contributed by atoms with Crippen molar-refractivity contribution in [3.05, 3.63) is 0 Å². The largest absolute Gasteiger partial charge is 0.455 e. The molecule has 2 rings (SSSR count). The molecular weight excluding hydrogens is 204 g/mol. The van der Waals surface area contributed by atoms with Gasteiger partial charge in [0.1, 0.15) is 12.2 Å². The van der Waals surface area contributed by atoms with Crippen molar-refractivity contribution in [2.45, 2.75) is 44.1 Å². The van der Waals surface area contributed by atoms with Gasteiger partial charge in [0.15, 0.2) is 18.0 Å². The Hall–Kier alpha value is -0.690. The molecule has 0 aromatic rings. The van der Waals surface area contributed by atoms with Crippen molar-refractivity contribution in [1.29, 1.82) is 0 Å². The van der Waals surface area contributed by atoms with E-state index < -0.39 is 36.2 Å². The maximum atomic E-state index is 11.0. The van der Waals surface area contributed by atoms with Gasteiger partial charge in [0.2, 0.25) is 0 Å². The Morgan fingerprint density at radius 3 is 2.47 bits per heavy atom. The zero-order valence-corrected chi connectivity index (χ0v) is 8.54. The highest BCUT2D eigenvalue weighted by molar-refractivity contribution is 5.77. The van der Waals surface area contributed by atoms with Gasteiger partial charge in [-0.15, -0.1) is 0 Å². The number of aliphatic hydroxyl groups excluding tert-OH is 2. The smallest absolute Gasteiger partial charge is 0.338 e. The lowest BCUT2D eigenvalue weighted by Gasteiger charge is -2.21. The second-order valence-electron chi connectivity index (χ2n) is 4.20. The van der Waals surface area contributed by atoms with Crippen LogP contribution >= 0.6 is 0 Å². The minimum absolute atomic E-state index is 0.231. The number of cyclic esters (lactones) is 1. The van der Waals surface area contributed by atoms with E-state index in [0.29, 0.717) is 0 Å². The van der Waals surface area contributed by atoms with Gasteiger partial charge in [0.05, 0.1) is 6.61 Å². The van der Waals surface area contributed by atoms with E-state index in [1.165, 1.54) is 0 Å². The van der Waals surface area contributed by atoms with E-state index in [1.807, 2.05) is 0 Å². The molecule has 0 aromatic carbocycles. The molecule has 6 nitrogen and oxygen atoms in total. The Labute approximate surface area is 86.7 Å². The van der Waals surface area contributed by atoms with Crippen LogP contribution in [-0.2, 0) is 19.0 Å². The van der Waals surface area contributed by atoms with Gasteiger partial charge in [0.25, 0.3) is 0 Å². The van der Waals surface area contributed by atoms with E-state index >= 15 is 0 Å². The number of hydrogen-bond acceptors (Lipinski definition) is 6. The summed E-state index contributed by atoms with van der Waals surface area (Å²) >= 11 is 0. The molecule has 2 aliphatic heterocycles. The Balaban J connectivity index is 2.04. The first-order valence-electron chi connectivity index (χ1n) is 4.79. The lowest BCUT2D eigenvalue weighted by atomic mass is 10.1. The van der Waals surface area contributed by atoms with E-state index in [4.69, 9.17) is 14.2 Å². The summed E-state index contributed by atoms with van der Waals surface area (Å²) in [6.07, 6.45) is -4.12. The van der Waals surface area contributed by atoms with E-state index in [2.05, 4.69) is 0 Å². The first kappa shape index (κ1) is 10.8. The van der Waals surface area contributed by atoms with Crippen molar-refractivity contribution in [2.24, 2.45) is 0 Å². The molecule has 2 N–H and O–H groups in total. The molecule has 3 unspecified atom stereocenters. The van der Waals surface area contributed by atoms with Crippen LogP contribution in [-0.4, -0.2) is 53.0 Å². The fourth-order valence-corrected chi connectivity index (χ4v) is 1.77. The zero-order valence-electron chi connectivity index (χ0n) is 8.54. The van der Waals surface area contributed by atoms with Crippen LogP contribution < -0.4 is 0 Å². The molecule has 0 aromatic heterocycles. The van der Waals surface area contributed by atoms with Crippen LogP contribution in [0.2, 0.25) is 0 Å². The Morgan fingerprint density at radius 1 is 1.40 bits per heavy atom. The maximum Gasteiger partial charge on any atom is 0.338 e. The molecule has 15 heavy (non-hydrogen) atoms. The summed E-state index contributed by atoms with van der Waals surface area (Å²) in [6.45, 7) is 3.69. The van der Waals surface area contributed by atoms with Crippen molar-refractivity contribution in [3.63, 3.8) is 0 Å². The monoisotopic (exact) mass is 218 g/mol.